The van der Waals surface area contributed by atoms with E-state index in [1.54, 1.807) is 7.11 Å². The monoisotopic (exact) mass is 202 g/mol. The van der Waals surface area contributed by atoms with Crippen LogP contribution < -0.4 is 0 Å². The largest absolute Gasteiger partial charge is 0.380 e. The van der Waals surface area contributed by atoms with E-state index in [9.17, 15) is 0 Å². The second kappa shape index (κ2) is 2.35. The van der Waals surface area contributed by atoms with E-state index in [-0.39, 0.29) is 0 Å². The lowest BCUT2D eigenvalue weighted by molar-refractivity contribution is 0.0880. The normalized spacial score (nSPS) is 50.6. The van der Waals surface area contributed by atoms with Crippen molar-refractivity contribution in [3.8, 4) is 0 Å². The second-order valence-corrected chi connectivity index (χ2v) is 4.15. The summed E-state index contributed by atoms with van der Waals surface area (Å²) in [6.45, 7) is 0. The van der Waals surface area contributed by atoms with E-state index in [4.69, 9.17) is 4.74 Å². The highest BCUT2D eigenvalue weighted by atomic mass is 79.9. The van der Waals surface area contributed by atoms with Gasteiger partial charge in [-0.05, 0) is 12.3 Å². The minimum absolute atomic E-state index is 0.426. The molecule has 56 valence electrons. The van der Waals surface area contributed by atoms with Gasteiger partial charge in [-0.2, -0.15) is 0 Å². The van der Waals surface area contributed by atoms with E-state index in [0.717, 1.165) is 5.92 Å². The van der Waals surface area contributed by atoms with Gasteiger partial charge < -0.3 is 4.74 Å². The molecule has 2 aliphatic rings. The fourth-order valence-corrected chi connectivity index (χ4v) is 3.02. The Hall–Kier alpha value is 0.180. The molecule has 0 amide bonds. The van der Waals surface area contributed by atoms with Crippen molar-refractivity contribution < 1.29 is 4.74 Å². The zero-order valence-electron chi connectivity index (χ0n) is 5.96. The first-order valence-electron chi connectivity index (χ1n) is 3.68. The van der Waals surface area contributed by atoms with Crippen LogP contribution in [-0.2, 0) is 4.74 Å². The maximum atomic E-state index is 5.36. The van der Waals surface area contributed by atoms with Crippen LogP contribution in [0.2, 0.25) is 0 Å². The number of allylic oxidation sites excluding steroid dienone is 1. The highest BCUT2D eigenvalue weighted by Gasteiger charge is 2.43. The molecule has 0 saturated heterocycles. The van der Waals surface area contributed by atoms with Crippen LogP contribution in [0, 0.1) is 11.8 Å². The second-order valence-electron chi connectivity index (χ2n) is 3.09. The summed E-state index contributed by atoms with van der Waals surface area (Å²) in [4.78, 5) is 0.562. The van der Waals surface area contributed by atoms with Gasteiger partial charge in [0.15, 0.2) is 0 Å². The Labute approximate surface area is 69.6 Å². The number of rotatable bonds is 1. The van der Waals surface area contributed by atoms with Crippen molar-refractivity contribution in [1.29, 1.82) is 0 Å². The number of fused-ring (bicyclic) bond motifs is 2. The first-order chi connectivity index (χ1) is 4.83. The fraction of sp³-hybridized carbons (Fsp3) is 0.750. The molecule has 1 saturated carbocycles. The third kappa shape index (κ3) is 0.785. The highest BCUT2D eigenvalue weighted by molar-refractivity contribution is 9.09. The van der Waals surface area contributed by atoms with E-state index in [1.807, 2.05) is 0 Å². The molecule has 0 aromatic heterocycles. The summed E-state index contributed by atoms with van der Waals surface area (Å²) in [6.07, 6.45) is 6.31. The molecule has 10 heavy (non-hydrogen) atoms. The van der Waals surface area contributed by atoms with Crippen LogP contribution in [0.1, 0.15) is 6.42 Å². The van der Waals surface area contributed by atoms with Gasteiger partial charge in [0.25, 0.3) is 0 Å². The molecule has 2 heteroatoms. The summed E-state index contributed by atoms with van der Waals surface area (Å²) >= 11 is 3.65. The van der Waals surface area contributed by atoms with Crippen molar-refractivity contribution in [2.24, 2.45) is 11.8 Å². The molecule has 2 aliphatic carbocycles. The Morgan fingerprint density at radius 2 is 2.10 bits per heavy atom. The standard InChI is InChI=1S/C8H11BrO/c1-10-8-6-3-2-5(4-6)7(8)9/h2-3,5-8H,4H2,1H3. The number of hydrogen-bond donors (Lipinski definition) is 0. The van der Waals surface area contributed by atoms with Gasteiger partial charge in [-0.25, -0.2) is 0 Å². The highest BCUT2D eigenvalue weighted by Crippen LogP contribution is 2.44. The molecule has 0 aromatic rings. The predicted octanol–water partition coefficient (Wildman–Crippen LogP) is 1.97. The molecule has 4 atom stereocenters. The summed E-state index contributed by atoms with van der Waals surface area (Å²) in [6, 6.07) is 0. The first-order valence-corrected chi connectivity index (χ1v) is 4.59. The average molecular weight is 203 g/mol. The molecule has 2 rings (SSSR count). The molecule has 0 N–H and O–H groups in total. The molecule has 4 unspecified atom stereocenters. The van der Waals surface area contributed by atoms with Gasteiger partial charge in [0.2, 0.25) is 0 Å². The molecular formula is C8H11BrO. The zero-order chi connectivity index (χ0) is 7.14. The summed E-state index contributed by atoms with van der Waals surface area (Å²) in [7, 11) is 1.80. The third-order valence-corrected chi connectivity index (χ3v) is 3.77. The molecule has 1 fully saturated rings. The smallest absolute Gasteiger partial charge is 0.0764 e. The van der Waals surface area contributed by atoms with Gasteiger partial charge >= 0.3 is 0 Å². The van der Waals surface area contributed by atoms with E-state index in [0.29, 0.717) is 16.8 Å². The summed E-state index contributed by atoms with van der Waals surface area (Å²) in [5.41, 5.74) is 0. The van der Waals surface area contributed by atoms with E-state index in [1.165, 1.54) is 6.42 Å². The first kappa shape index (κ1) is 6.86. The van der Waals surface area contributed by atoms with Crippen LogP contribution in [0.25, 0.3) is 0 Å². The number of methoxy groups -OCH3 is 1. The lowest BCUT2D eigenvalue weighted by atomic mass is 10.0. The number of halogens is 1. The Balaban J connectivity index is 2.18. The van der Waals surface area contributed by atoms with Crippen LogP contribution in [0.4, 0.5) is 0 Å². The van der Waals surface area contributed by atoms with Gasteiger partial charge in [-0.1, -0.05) is 28.1 Å². The van der Waals surface area contributed by atoms with Gasteiger partial charge in [0.1, 0.15) is 0 Å². The topological polar surface area (TPSA) is 9.23 Å². The van der Waals surface area contributed by atoms with Gasteiger partial charge in [0.05, 0.1) is 6.10 Å². The molecule has 0 aliphatic heterocycles. The fourth-order valence-electron chi connectivity index (χ4n) is 2.02. The average Bonchev–Trinajstić information content (AvgIpc) is 2.46. The molecule has 0 aromatic carbocycles. The SMILES string of the molecule is COC1C2C=CC(C2)C1Br. The number of ether oxygens (including phenoxy) is 1. The van der Waals surface area contributed by atoms with E-state index >= 15 is 0 Å². The van der Waals surface area contributed by atoms with Gasteiger partial charge in [-0.3, -0.25) is 0 Å². The Morgan fingerprint density at radius 3 is 2.50 bits per heavy atom. The Bertz CT molecular complexity index is 167. The number of alkyl halides is 1. The predicted molar refractivity (Wildman–Crippen MR) is 44.2 cm³/mol. The summed E-state index contributed by atoms with van der Waals surface area (Å²) < 4.78 is 5.36. The van der Waals surface area contributed by atoms with Gasteiger partial charge in [0, 0.05) is 17.9 Å². The van der Waals surface area contributed by atoms with Gasteiger partial charge in [-0.15, -0.1) is 0 Å². The molecular weight excluding hydrogens is 192 g/mol. The van der Waals surface area contributed by atoms with Crippen molar-refractivity contribution in [3.63, 3.8) is 0 Å². The lowest BCUT2D eigenvalue weighted by Gasteiger charge is -2.21. The van der Waals surface area contributed by atoms with Crippen molar-refractivity contribution in [2.45, 2.75) is 17.4 Å². The van der Waals surface area contributed by atoms with E-state index < -0.39 is 0 Å². The van der Waals surface area contributed by atoms with Crippen LogP contribution in [0.15, 0.2) is 12.2 Å². The molecule has 0 spiro atoms. The van der Waals surface area contributed by atoms with Crippen LogP contribution in [0.3, 0.4) is 0 Å². The summed E-state index contributed by atoms with van der Waals surface area (Å²) in [5, 5.41) is 0. The van der Waals surface area contributed by atoms with Crippen molar-refractivity contribution in [2.75, 3.05) is 7.11 Å². The van der Waals surface area contributed by atoms with Crippen LogP contribution in [-0.4, -0.2) is 18.0 Å². The van der Waals surface area contributed by atoms with Crippen LogP contribution >= 0.6 is 15.9 Å². The lowest BCUT2D eigenvalue weighted by Crippen LogP contribution is -2.26. The Morgan fingerprint density at radius 1 is 1.40 bits per heavy atom. The van der Waals surface area contributed by atoms with E-state index in [2.05, 4.69) is 28.1 Å². The molecule has 0 radical (unpaired) electrons. The minimum Gasteiger partial charge on any atom is -0.380 e. The quantitative estimate of drug-likeness (QED) is 0.467. The van der Waals surface area contributed by atoms with Crippen LogP contribution in [0.5, 0.6) is 0 Å². The van der Waals surface area contributed by atoms with Crippen molar-refractivity contribution in [1.82, 2.24) is 0 Å². The zero-order valence-corrected chi connectivity index (χ0v) is 7.54. The minimum atomic E-state index is 0.426. The third-order valence-electron chi connectivity index (χ3n) is 2.57. The molecule has 2 bridgehead atoms. The number of hydrogen-bond acceptors (Lipinski definition) is 1. The Kier molecular flexibility index (Phi) is 1.61. The maximum Gasteiger partial charge on any atom is 0.0764 e. The molecule has 1 nitrogen and oxygen atoms in total. The molecule has 0 heterocycles. The maximum absolute atomic E-state index is 5.36. The van der Waals surface area contributed by atoms with Crippen molar-refractivity contribution >= 4 is 15.9 Å². The van der Waals surface area contributed by atoms with Crippen molar-refractivity contribution in [3.05, 3.63) is 12.2 Å². The summed E-state index contributed by atoms with van der Waals surface area (Å²) in [5.74, 6) is 1.41.